The topological polar surface area (TPSA) is 78.4 Å². The molecule has 114 valence electrons. The fraction of sp³-hybridized carbons (Fsp3) is 0.867. The van der Waals surface area contributed by atoms with Crippen LogP contribution in [0.4, 0.5) is 0 Å². The molecule has 2 aliphatic rings. The first-order valence-corrected chi connectivity index (χ1v) is 7.85. The lowest BCUT2D eigenvalue weighted by atomic mass is 9.85. The molecule has 4 atom stereocenters. The van der Waals surface area contributed by atoms with Crippen LogP contribution >= 0.6 is 0 Å². The van der Waals surface area contributed by atoms with E-state index in [1.165, 1.54) is 25.7 Å². The highest BCUT2D eigenvalue weighted by Crippen LogP contribution is 2.33. The molecule has 0 aromatic rings. The van der Waals surface area contributed by atoms with E-state index in [-0.39, 0.29) is 24.3 Å². The fourth-order valence-corrected chi connectivity index (χ4v) is 3.50. The Bertz CT molecular complexity index is 345. The molecule has 0 bridgehead atoms. The third-order valence-electron chi connectivity index (χ3n) is 4.78. The lowest BCUT2D eigenvalue weighted by molar-refractivity contribution is -0.138. The average Bonchev–Trinajstić information content (AvgIpc) is 2.86. The molecule has 0 radical (unpaired) electrons. The number of hydrogen-bond donors (Lipinski definition) is 3. The van der Waals surface area contributed by atoms with E-state index in [1.54, 1.807) is 0 Å². The van der Waals surface area contributed by atoms with Gasteiger partial charge in [-0.1, -0.05) is 26.2 Å². The number of rotatable bonds is 6. The molecule has 1 saturated carbocycles. The Morgan fingerprint density at radius 2 is 2.10 bits per heavy atom. The Hall–Kier alpha value is -1.10. The molecule has 1 aliphatic heterocycles. The first kappa shape index (κ1) is 15.3. The summed E-state index contributed by atoms with van der Waals surface area (Å²) in [6, 6.07) is 0.436. The van der Waals surface area contributed by atoms with Gasteiger partial charge in [-0.05, 0) is 31.1 Å². The second-order valence-corrected chi connectivity index (χ2v) is 6.22. The van der Waals surface area contributed by atoms with Gasteiger partial charge in [0.2, 0.25) is 5.91 Å². The van der Waals surface area contributed by atoms with E-state index in [2.05, 4.69) is 10.6 Å². The minimum atomic E-state index is -0.795. The zero-order chi connectivity index (χ0) is 14.5. The third-order valence-corrected chi connectivity index (χ3v) is 4.78. The summed E-state index contributed by atoms with van der Waals surface area (Å²) in [6.45, 7) is 2.43. The van der Waals surface area contributed by atoms with Crippen LogP contribution in [0.25, 0.3) is 0 Å². The zero-order valence-corrected chi connectivity index (χ0v) is 12.2. The smallest absolute Gasteiger partial charge is 0.303 e. The van der Waals surface area contributed by atoms with Gasteiger partial charge in [0, 0.05) is 19.0 Å². The normalized spacial score (nSPS) is 30.6. The largest absolute Gasteiger partial charge is 0.481 e. The minimum absolute atomic E-state index is 0.0279. The van der Waals surface area contributed by atoms with Gasteiger partial charge in [0.25, 0.3) is 0 Å². The SMILES string of the molecule is CCC(CNC(=O)C1CC2CCCCC2N1)CC(=O)O. The fourth-order valence-electron chi connectivity index (χ4n) is 3.50. The lowest BCUT2D eigenvalue weighted by Gasteiger charge is -2.24. The van der Waals surface area contributed by atoms with Crippen LogP contribution in [0.2, 0.25) is 0 Å². The van der Waals surface area contributed by atoms with Crippen molar-refractivity contribution >= 4 is 11.9 Å². The van der Waals surface area contributed by atoms with Gasteiger partial charge in [-0.15, -0.1) is 0 Å². The molecule has 0 spiro atoms. The first-order valence-electron chi connectivity index (χ1n) is 7.85. The maximum atomic E-state index is 12.2. The Labute approximate surface area is 120 Å². The number of carbonyl (C=O) groups excluding carboxylic acids is 1. The van der Waals surface area contributed by atoms with Crippen molar-refractivity contribution in [3.8, 4) is 0 Å². The number of nitrogens with one attached hydrogen (secondary N) is 2. The summed E-state index contributed by atoms with van der Waals surface area (Å²) in [4.78, 5) is 22.9. The second-order valence-electron chi connectivity index (χ2n) is 6.22. The average molecular weight is 282 g/mol. The van der Waals surface area contributed by atoms with Gasteiger partial charge >= 0.3 is 5.97 Å². The molecule has 5 nitrogen and oxygen atoms in total. The number of carboxylic acid groups (broad SMARTS) is 1. The van der Waals surface area contributed by atoms with E-state index in [0.29, 0.717) is 18.5 Å². The first-order chi connectivity index (χ1) is 9.60. The third kappa shape index (κ3) is 3.95. The minimum Gasteiger partial charge on any atom is -0.481 e. The number of carbonyl (C=O) groups is 2. The Morgan fingerprint density at radius 1 is 1.35 bits per heavy atom. The number of carboxylic acids is 1. The van der Waals surface area contributed by atoms with Crippen molar-refractivity contribution in [3.63, 3.8) is 0 Å². The van der Waals surface area contributed by atoms with E-state index in [4.69, 9.17) is 5.11 Å². The van der Waals surface area contributed by atoms with Crippen molar-refractivity contribution in [3.05, 3.63) is 0 Å². The molecular formula is C15H26N2O3. The molecule has 3 N–H and O–H groups in total. The maximum absolute atomic E-state index is 12.2. The van der Waals surface area contributed by atoms with Crippen LogP contribution in [0.3, 0.4) is 0 Å². The predicted octanol–water partition coefficient (Wildman–Crippen LogP) is 1.52. The molecule has 20 heavy (non-hydrogen) atoms. The highest BCUT2D eigenvalue weighted by atomic mass is 16.4. The number of hydrogen-bond acceptors (Lipinski definition) is 3. The summed E-state index contributed by atoms with van der Waals surface area (Å²) in [5, 5.41) is 15.2. The van der Waals surface area contributed by atoms with Crippen LogP contribution in [0.5, 0.6) is 0 Å². The van der Waals surface area contributed by atoms with Crippen LogP contribution in [0, 0.1) is 11.8 Å². The monoisotopic (exact) mass is 282 g/mol. The quantitative estimate of drug-likeness (QED) is 0.690. The van der Waals surface area contributed by atoms with Crippen LogP contribution in [-0.4, -0.2) is 35.6 Å². The van der Waals surface area contributed by atoms with Gasteiger partial charge in [0.05, 0.1) is 6.04 Å². The van der Waals surface area contributed by atoms with Crippen molar-refractivity contribution in [2.24, 2.45) is 11.8 Å². The van der Waals surface area contributed by atoms with Crippen molar-refractivity contribution in [1.82, 2.24) is 10.6 Å². The lowest BCUT2D eigenvalue weighted by Crippen LogP contribution is -2.44. The molecule has 5 heteroatoms. The summed E-state index contributed by atoms with van der Waals surface area (Å²) in [5.74, 6) is -0.0695. The van der Waals surface area contributed by atoms with E-state index < -0.39 is 5.97 Å². The maximum Gasteiger partial charge on any atom is 0.303 e. The van der Waals surface area contributed by atoms with E-state index >= 15 is 0 Å². The van der Waals surface area contributed by atoms with Crippen LogP contribution in [-0.2, 0) is 9.59 Å². The standard InChI is InChI=1S/C15H26N2O3/c1-2-10(7-14(18)19)9-16-15(20)13-8-11-5-3-4-6-12(11)17-13/h10-13,17H,2-9H2,1H3,(H,16,20)(H,18,19). The Morgan fingerprint density at radius 3 is 2.75 bits per heavy atom. The van der Waals surface area contributed by atoms with E-state index in [0.717, 1.165) is 12.8 Å². The van der Waals surface area contributed by atoms with Gasteiger partial charge < -0.3 is 15.7 Å². The molecule has 0 aromatic carbocycles. The number of aliphatic carboxylic acids is 1. The Balaban J connectivity index is 1.76. The molecule has 4 unspecified atom stereocenters. The van der Waals surface area contributed by atoms with Gasteiger partial charge in [0.15, 0.2) is 0 Å². The summed E-state index contributed by atoms with van der Waals surface area (Å²) in [6.07, 6.45) is 6.80. The van der Waals surface area contributed by atoms with Crippen molar-refractivity contribution in [1.29, 1.82) is 0 Å². The van der Waals surface area contributed by atoms with E-state index in [1.807, 2.05) is 6.92 Å². The van der Waals surface area contributed by atoms with Gasteiger partial charge in [-0.3, -0.25) is 9.59 Å². The highest BCUT2D eigenvalue weighted by molar-refractivity contribution is 5.82. The molecule has 1 saturated heterocycles. The van der Waals surface area contributed by atoms with Gasteiger partial charge in [-0.25, -0.2) is 0 Å². The highest BCUT2D eigenvalue weighted by Gasteiger charge is 2.38. The van der Waals surface area contributed by atoms with E-state index in [9.17, 15) is 9.59 Å². The zero-order valence-electron chi connectivity index (χ0n) is 12.2. The summed E-state index contributed by atoms with van der Waals surface area (Å²) in [7, 11) is 0. The van der Waals surface area contributed by atoms with Crippen molar-refractivity contribution in [2.75, 3.05) is 6.54 Å². The Kier molecular flexibility index (Phi) is 5.40. The van der Waals surface area contributed by atoms with Crippen molar-refractivity contribution in [2.45, 2.75) is 64.0 Å². The summed E-state index contributed by atoms with van der Waals surface area (Å²) >= 11 is 0. The summed E-state index contributed by atoms with van der Waals surface area (Å²) in [5.41, 5.74) is 0. The van der Waals surface area contributed by atoms with Crippen LogP contribution < -0.4 is 10.6 Å². The number of fused-ring (bicyclic) bond motifs is 1. The van der Waals surface area contributed by atoms with Gasteiger partial charge in [-0.2, -0.15) is 0 Å². The van der Waals surface area contributed by atoms with Gasteiger partial charge in [0.1, 0.15) is 0 Å². The summed E-state index contributed by atoms with van der Waals surface area (Å²) < 4.78 is 0. The molecule has 1 aliphatic carbocycles. The molecule has 2 fully saturated rings. The molecule has 2 rings (SSSR count). The second kappa shape index (κ2) is 7.07. The van der Waals surface area contributed by atoms with Crippen LogP contribution in [0.1, 0.15) is 51.9 Å². The molecule has 0 aromatic heterocycles. The van der Waals surface area contributed by atoms with Crippen LogP contribution in [0.15, 0.2) is 0 Å². The molecule has 1 heterocycles. The predicted molar refractivity (Wildman–Crippen MR) is 76.3 cm³/mol. The number of amides is 1. The molecule has 1 amide bonds. The van der Waals surface area contributed by atoms with Crippen molar-refractivity contribution < 1.29 is 14.7 Å². The molecular weight excluding hydrogens is 256 g/mol.